The van der Waals surface area contributed by atoms with Gasteiger partial charge >= 0.3 is 0 Å². The zero-order valence-corrected chi connectivity index (χ0v) is 14.0. The average Bonchev–Trinajstić information content (AvgIpc) is 2.87. The van der Waals surface area contributed by atoms with E-state index in [0.29, 0.717) is 17.7 Å². The Kier molecular flexibility index (Phi) is 2.89. The summed E-state index contributed by atoms with van der Waals surface area (Å²) in [5.74, 6) is 1.33. The highest BCUT2D eigenvalue weighted by atomic mass is 16.7. The predicted molar refractivity (Wildman–Crippen MR) is 89.0 cm³/mol. The first kappa shape index (κ1) is 14.9. The lowest BCUT2D eigenvalue weighted by Gasteiger charge is -2.33. The molecule has 2 aliphatic heterocycles. The normalized spacial score (nSPS) is 28.7. The quantitative estimate of drug-likeness (QED) is 0.866. The summed E-state index contributed by atoms with van der Waals surface area (Å²) in [4.78, 5) is 12.8. The van der Waals surface area contributed by atoms with Crippen molar-refractivity contribution < 1.29 is 24.1 Å². The molecule has 0 unspecified atom stereocenters. The van der Waals surface area contributed by atoms with Crippen LogP contribution in [-0.2, 0) is 11.2 Å². The number of ketones is 1. The van der Waals surface area contributed by atoms with Gasteiger partial charge in [-0.3, -0.25) is 4.79 Å². The molecule has 5 heteroatoms. The smallest absolute Gasteiger partial charge is 0.231 e. The molecular formula is C20H18O5. The Morgan fingerprint density at radius 2 is 2.04 bits per heavy atom. The Morgan fingerprint density at radius 1 is 1.20 bits per heavy atom. The first-order chi connectivity index (χ1) is 12.0. The summed E-state index contributed by atoms with van der Waals surface area (Å²) in [5, 5.41) is 10.4. The van der Waals surface area contributed by atoms with E-state index in [1.54, 1.807) is 14.0 Å². The van der Waals surface area contributed by atoms with Gasteiger partial charge in [0.2, 0.25) is 6.29 Å². The Hall–Kier alpha value is -2.37. The van der Waals surface area contributed by atoms with Crippen LogP contribution in [0.15, 0.2) is 30.3 Å². The number of methoxy groups -OCH3 is 1. The van der Waals surface area contributed by atoms with Crippen LogP contribution in [-0.4, -0.2) is 23.6 Å². The molecule has 128 valence electrons. The van der Waals surface area contributed by atoms with Gasteiger partial charge in [-0.2, -0.15) is 0 Å². The van der Waals surface area contributed by atoms with Gasteiger partial charge in [-0.25, -0.2) is 0 Å². The molecule has 2 aromatic carbocycles. The maximum absolute atomic E-state index is 12.8. The fraction of sp³-hybridized carbons (Fsp3) is 0.350. The van der Waals surface area contributed by atoms with Crippen LogP contribution < -0.4 is 9.47 Å². The Bertz CT molecular complexity index is 915. The number of Topliss-reactive ketones (excluding diaryl/α,β-unsaturated/α-hetero) is 1. The van der Waals surface area contributed by atoms with Gasteiger partial charge in [0.1, 0.15) is 17.6 Å². The topological polar surface area (TPSA) is 65.0 Å². The van der Waals surface area contributed by atoms with Crippen LogP contribution in [0.4, 0.5) is 0 Å². The Balaban J connectivity index is 1.73. The molecule has 5 nitrogen and oxygen atoms in total. The number of benzene rings is 2. The van der Waals surface area contributed by atoms with Crippen LogP contribution in [0.2, 0.25) is 0 Å². The first-order valence-electron chi connectivity index (χ1n) is 8.39. The van der Waals surface area contributed by atoms with Crippen LogP contribution in [0, 0.1) is 0 Å². The second kappa shape index (κ2) is 4.84. The molecule has 25 heavy (non-hydrogen) atoms. The molecule has 0 amide bonds. The van der Waals surface area contributed by atoms with E-state index in [1.807, 2.05) is 30.3 Å². The zero-order valence-electron chi connectivity index (χ0n) is 14.0. The molecule has 0 aromatic heterocycles. The summed E-state index contributed by atoms with van der Waals surface area (Å²) in [7, 11) is 1.62. The predicted octanol–water partition coefficient (Wildman–Crippen LogP) is 3.09. The van der Waals surface area contributed by atoms with Crippen molar-refractivity contribution in [3.63, 3.8) is 0 Å². The van der Waals surface area contributed by atoms with Gasteiger partial charge in [-0.05, 0) is 30.2 Å². The van der Waals surface area contributed by atoms with Gasteiger partial charge < -0.3 is 19.3 Å². The number of rotatable bonds is 1. The molecule has 3 aliphatic rings. The van der Waals surface area contributed by atoms with Gasteiger partial charge in [0.15, 0.2) is 5.78 Å². The third-order valence-corrected chi connectivity index (χ3v) is 5.28. The van der Waals surface area contributed by atoms with E-state index in [1.165, 1.54) is 0 Å². The maximum atomic E-state index is 12.8. The second-order valence-corrected chi connectivity index (χ2v) is 7.21. The summed E-state index contributed by atoms with van der Waals surface area (Å²) in [6.45, 7) is 1.70. The molecule has 0 fully saturated rings. The third kappa shape index (κ3) is 2.00. The van der Waals surface area contributed by atoms with E-state index in [9.17, 15) is 9.90 Å². The minimum atomic E-state index is -1.01. The highest BCUT2D eigenvalue weighted by Crippen LogP contribution is 2.55. The lowest BCUT2D eigenvalue weighted by atomic mass is 9.77. The number of carbonyl (C=O) groups is 1. The molecule has 3 atom stereocenters. The number of aliphatic hydroxyl groups is 1. The van der Waals surface area contributed by atoms with Crippen molar-refractivity contribution in [3.05, 3.63) is 58.1 Å². The largest absolute Gasteiger partial charge is 0.496 e. The Morgan fingerprint density at radius 3 is 2.84 bits per heavy atom. The van der Waals surface area contributed by atoms with E-state index in [0.717, 1.165) is 28.0 Å². The van der Waals surface area contributed by atoms with Gasteiger partial charge in [0, 0.05) is 24.0 Å². The zero-order chi connectivity index (χ0) is 17.3. The second-order valence-electron chi connectivity index (χ2n) is 7.21. The van der Waals surface area contributed by atoms with Crippen LogP contribution in [0.5, 0.6) is 11.5 Å². The molecular weight excluding hydrogens is 320 g/mol. The van der Waals surface area contributed by atoms with Crippen molar-refractivity contribution in [2.75, 3.05) is 7.11 Å². The van der Waals surface area contributed by atoms with Crippen molar-refractivity contribution >= 4 is 5.78 Å². The number of hydrogen-bond acceptors (Lipinski definition) is 5. The van der Waals surface area contributed by atoms with E-state index >= 15 is 0 Å². The minimum absolute atomic E-state index is 0.0647. The van der Waals surface area contributed by atoms with Gasteiger partial charge in [-0.15, -0.1) is 0 Å². The fourth-order valence-electron chi connectivity index (χ4n) is 4.30. The summed E-state index contributed by atoms with van der Waals surface area (Å²) < 4.78 is 17.6. The van der Waals surface area contributed by atoms with Crippen molar-refractivity contribution in [2.24, 2.45) is 0 Å². The standard InChI is InChI=1S/C20H18O5/c1-20(22)8-10-6-7-14-17(15(10)12(21)9-20)18-11-4-3-5-13(23-2)16(11)19(24-14)25-18/h3-7,18-19,22H,8-9H2,1-2H3/t18-,19+,20-/m1/s1. The highest BCUT2D eigenvalue weighted by Gasteiger charge is 2.46. The molecule has 0 radical (unpaired) electrons. The first-order valence-corrected chi connectivity index (χ1v) is 8.39. The van der Waals surface area contributed by atoms with Gasteiger partial charge in [0.05, 0.1) is 18.3 Å². The molecule has 1 N–H and O–H groups in total. The van der Waals surface area contributed by atoms with Gasteiger partial charge in [-0.1, -0.05) is 18.2 Å². The SMILES string of the molecule is COc1cccc2c1[C@H]1Oc3ccc4c(c3[C@@H]2O1)C(=O)C[C@](C)(O)C4. The summed E-state index contributed by atoms with van der Waals surface area (Å²) in [6.07, 6.45) is -0.315. The van der Waals surface area contributed by atoms with Crippen LogP contribution >= 0.6 is 0 Å². The average molecular weight is 338 g/mol. The molecule has 2 heterocycles. The fourth-order valence-corrected chi connectivity index (χ4v) is 4.30. The van der Waals surface area contributed by atoms with Gasteiger partial charge in [0.25, 0.3) is 0 Å². The maximum Gasteiger partial charge on any atom is 0.231 e. The van der Waals surface area contributed by atoms with Crippen molar-refractivity contribution in [1.29, 1.82) is 0 Å². The third-order valence-electron chi connectivity index (χ3n) is 5.28. The monoisotopic (exact) mass is 338 g/mol. The van der Waals surface area contributed by atoms with Crippen molar-refractivity contribution in [2.45, 2.75) is 37.8 Å². The number of carbonyl (C=O) groups excluding carboxylic acids is 1. The molecule has 0 saturated heterocycles. The van der Waals surface area contributed by atoms with E-state index < -0.39 is 11.9 Å². The molecule has 0 saturated carbocycles. The van der Waals surface area contributed by atoms with Crippen molar-refractivity contribution in [3.8, 4) is 11.5 Å². The number of ether oxygens (including phenoxy) is 3. The summed E-state index contributed by atoms with van der Waals surface area (Å²) in [6, 6.07) is 9.55. The Labute approximate surface area is 145 Å². The molecule has 2 bridgehead atoms. The van der Waals surface area contributed by atoms with E-state index in [2.05, 4.69) is 0 Å². The summed E-state index contributed by atoms with van der Waals surface area (Å²) >= 11 is 0. The van der Waals surface area contributed by atoms with E-state index in [-0.39, 0.29) is 18.3 Å². The number of hydrogen-bond donors (Lipinski definition) is 1. The van der Waals surface area contributed by atoms with Crippen molar-refractivity contribution in [1.82, 2.24) is 0 Å². The van der Waals surface area contributed by atoms with E-state index in [4.69, 9.17) is 14.2 Å². The number of fused-ring (bicyclic) bond motifs is 9. The molecule has 2 aromatic rings. The van der Waals surface area contributed by atoms with Crippen LogP contribution in [0.25, 0.3) is 0 Å². The molecule has 5 rings (SSSR count). The minimum Gasteiger partial charge on any atom is -0.496 e. The lowest BCUT2D eigenvalue weighted by Crippen LogP contribution is -2.36. The lowest BCUT2D eigenvalue weighted by molar-refractivity contribution is -0.110. The summed E-state index contributed by atoms with van der Waals surface area (Å²) in [5.41, 5.74) is 3.12. The van der Waals surface area contributed by atoms with Crippen LogP contribution in [0.3, 0.4) is 0 Å². The molecule has 0 spiro atoms. The molecule has 1 aliphatic carbocycles. The van der Waals surface area contributed by atoms with Crippen LogP contribution in [0.1, 0.15) is 58.4 Å². The highest BCUT2D eigenvalue weighted by molar-refractivity contribution is 6.01.